The molecule has 4 heteroatoms. The molecule has 0 radical (unpaired) electrons. The third-order valence-corrected chi connectivity index (χ3v) is 2.23. The van der Waals surface area contributed by atoms with Gasteiger partial charge in [-0.1, -0.05) is 13.3 Å². The van der Waals surface area contributed by atoms with E-state index >= 15 is 0 Å². The van der Waals surface area contributed by atoms with Gasteiger partial charge < -0.3 is 4.74 Å². The minimum absolute atomic E-state index is 0.155. The molecule has 0 bridgehead atoms. The molecule has 0 aliphatic heterocycles. The molecule has 3 N–H and O–H groups in total. The molecule has 1 rings (SSSR count). The van der Waals surface area contributed by atoms with Crippen LogP contribution in [0.2, 0.25) is 0 Å². The Kier molecular flexibility index (Phi) is 5.07. The second-order valence-electron chi connectivity index (χ2n) is 3.39. The van der Waals surface area contributed by atoms with Crippen molar-refractivity contribution in [3.8, 4) is 5.75 Å². The molecule has 4 nitrogen and oxygen atoms in total. The SMILES string of the molecule is CCCC(NN)c1cncc(OCC)c1. The largest absolute Gasteiger partial charge is 0.492 e. The van der Waals surface area contributed by atoms with Crippen molar-refractivity contribution in [3.05, 3.63) is 24.0 Å². The highest BCUT2D eigenvalue weighted by Gasteiger charge is 2.09. The third kappa shape index (κ3) is 3.49. The molecular formula is C11H19N3O. The van der Waals surface area contributed by atoms with Gasteiger partial charge in [-0.3, -0.25) is 16.3 Å². The Morgan fingerprint density at radius 3 is 2.87 bits per heavy atom. The summed E-state index contributed by atoms with van der Waals surface area (Å²) in [5.41, 5.74) is 3.87. The third-order valence-electron chi connectivity index (χ3n) is 2.23. The van der Waals surface area contributed by atoms with E-state index in [1.54, 1.807) is 6.20 Å². The van der Waals surface area contributed by atoms with Gasteiger partial charge in [-0.15, -0.1) is 0 Å². The Morgan fingerprint density at radius 2 is 2.27 bits per heavy atom. The zero-order valence-corrected chi connectivity index (χ0v) is 9.36. The Hall–Kier alpha value is -1.13. The van der Waals surface area contributed by atoms with E-state index in [1.165, 1.54) is 0 Å². The van der Waals surface area contributed by atoms with Crippen molar-refractivity contribution in [1.82, 2.24) is 10.4 Å². The van der Waals surface area contributed by atoms with Crippen LogP contribution in [0.4, 0.5) is 0 Å². The predicted molar refractivity (Wildman–Crippen MR) is 60.4 cm³/mol. The van der Waals surface area contributed by atoms with Gasteiger partial charge in [0.15, 0.2) is 0 Å². The minimum atomic E-state index is 0.155. The number of hydrogen-bond donors (Lipinski definition) is 2. The van der Waals surface area contributed by atoms with Gasteiger partial charge in [0.25, 0.3) is 0 Å². The zero-order valence-electron chi connectivity index (χ0n) is 9.36. The number of aromatic nitrogens is 1. The van der Waals surface area contributed by atoms with Crippen LogP contribution in [0, 0.1) is 0 Å². The molecule has 0 aliphatic carbocycles. The monoisotopic (exact) mass is 209 g/mol. The van der Waals surface area contributed by atoms with Gasteiger partial charge in [-0.25, -0.2) is 0 Å². The zero-order chi connectivity index (χ0) is 11.1. The maximum Gasteiger partial charge on any atom is 0.137 e. The molecule has 0 aliphatic rings. The summed E-state index contributed by atoms with van der Waals surface area (Å²) in [6, 6.07) is 2.14. The molecule has 1 aromatic heterocycles. The first kappa shape index (κ1) is 11.9. The summed E-state index contributed by atoms with van der Waals surface area (Å²) in [6.45, 7) is 4.74. The van der Waals surface area contributed by atoms with Crippen LogP contribution in [-0.4, -0.2) is 11.6 Å². The van der Waals surface area contributed by atoms with Crippen molar-refractivity contribution >= 4 is 0 Å². The van der Waals surface area contributed by atoms with Gasteiger partial charge in [0.2, 0.25) is 0 Å². The Balaban J connectivity index is 2.77. The molecule has 0 saturated carbocycles. The number of hydrazine groups is 1. The topological polar surface area (TPSA) is 60.2 Å². The fraction of sp³-hybridized carbons (Fsp3) is 0.545. The van der Waals surface area contributed by atoms with E-state index in [-0.39, 0.29) is 6.04 Å². The van der Waals surface area contributed by atoms with Gasteiger partial charge in [0, 0.05) is 12.2 Å². The van der Waals surface area contributed by atoms with E-state index < -0.39 is 0 Å². The Bertz CT molecular complexity index is 291. The Labute approximate surface area is 90.8 Å². The highest BCUT2D eigenvalue weighted by atomic mass is 16.5. The summed E-state index contributed by atoms with van der Waals surface area (Å²) >= 11 is 0. The van der Waals surface area contributed by atoms with Gasteiger partial charge in [0.05, 0.1) is 12.8 Å². The molecule has 0 aromatic carbocycles. The van der Waals surface area contributed by atoms with Crippen molar-refractivity contribution in [3.63, 3.8) is 0 Å². The molecule has 15 heavy (non-hydrogen) atoms. The first-order valence-corrected chi connectivity index (χ1v) is 5.35. The number of pyridine rings is 1. The van der Waals surface area contributed by atoms with Gasteiger partial charge in [-0.2, -0.15) is 0 Å². The second-order valence-corrected chi connectivity index (χ2v) is 3.39. The molecule has 1 heterocycles. The first-order valence-electron chi connectivity index (χ1n) is 5.35. The van der Waals surface area contributed by atoms with E-state index in [9.17, 15) is 0 Å². The number of nitrogens with zero attached hydrogens (tertiary/aromatic N) is 1. The van der Waals surface area contributed by atoms with E-state index in [1.807, 2.05) is 19.2 Å². The summed E-state index contributed by atoms with van der Waals surface area (Å²) in [7, 11) is 0. The molecule has 1 aromatic rings. The predicted octanol–water partition coefficient (Wildman–Crippen LogP) is 1.78. The maximum atomic E-state index is 5.50. The normalized spacial score (nSPS) is 12.5. The van der Waals surface area contributed by atoms with Crippen LogP contribution in [0.1, 0.15) is 38.3 Å². The van der Waals surface area contributed by atoms with Crippen LogP contribution in [-0.2, 0) is 0 Å². The average Bonchev–Trinajstić information content (AvgIpc) is 2.27. The van der Waals surface area contributed by atoms with Crippen LogP contribution < -0.4 is 16.0 Å². The lowest BCUT2D eigenvalue weighted by Crippen LogP contribution is -2.27. The lowest BCUT2D eigenvalue weighted by atomic mass is 10.1. The average molecular weight is 209 g/mol. The lowest BCUT2D eigenvalue weighted by molar-refractivity contribution is 0.337. The quantitative estimate of drug-likeness (QED) is 0.554. The van der Waals surface area contributed by atoms with Crippen molar-refractivity contribution in [1.29, 1.82) is 0 Å². The summed E-state index contributed by atoms with van der Waals surface area (Å²) in [5, 5.41) is 0. The van der Waals surface area contributed by atoms with Crippen LogP contribution in [0.3, 0.4) is 0 Å². The number of rotatable bonds is 6. The summed E-state index contributed by atoms with van der Waals surface area (Å²) in [4.78, 5) is 4.13. The number of ether oxygens (including phenoxy) is 1. The highest BCUT2D eigenvalue weighted by Crippen LogP contribution is 2.20. The minimum Gasteiger partial charge on any atom is -0.492 e. The molecule has 0 spiro atoms. The molecule has 0 amide bonds. The van der Waals surface area contributed by atoms with Gasteiger partial charge in [0.1, 0.15) is 5.75 Å². The van der Waals surface area contributed by atoms with E-state index in [2.05, 4.69) is 17.3 Å². The van der Waals surface area contributed by atoms with E-state index in [0.717, 1.165) is 24.2 Å². The van der Waals surface area contributed by atoms with Crippen molar-refractivity contribution < 1.29 is 4.74 Å². The second kappa shape index (κ2) is 6.37. The standard InChI is InChI=1S/C11H19N3O/c1-3-5-11(14-12)9-6-10(15-4-2)8-13-7-9/h6-8,11,14H,3-5,12H2,1-2H3. The lowest BCUT2D eigenvalue weighted by Gasteiger charge is -2.15. The molecule has 0 saturated heterocycles. The van der Waals surface area contributed by atoms with Crippen molar-refractivity contribution in [2.24, 2.45) is 5.84 Å². The van der Waals surface area contributed by atoms with Crippen molar-refractivity contribution in [2.45, 2.75) is 32.7 Å². The van der Waals surface area contributed by atoms with E-state index in [0.29, 0.717) is 6.61 Å². The number of nitrogens with one attached hydrogen (secondary N) is 1. The van der Waals surface area contributed by atoms with Crippen molar-refractivity contribution in [2.75, 3.05) is 6.61 Å². The van der Waals surface area contributed by atoms with Crippen LogP contribution in [0.25, 0.3) is 0 Å². The fourth-order valence-corrected chi connectivity index (χ4v) is 1.51. The smallest absolute Gasteiger partial charge is 0.137 e. The maximum absolute atomic E-state index is 5.50. The van der Waals surface area contributed by atoms with Crippen LogP contribution in [0.5, 0.6) is 5.75 Å². The summed E-state index contributed by atoms with van der Waals surface area (Å²) in [5.74, 6) is 6.29. The molecule has 1 unspecified atom stereocenters. The number of nitrogens with two attached hydrogens (primary N) is 1. The molecular weight excluding hydrogens is 190 g/mol. The first-order chi connectivity index (χ1) is 7.31. The highest BCUT2D eigenvalue weighted by molar-refractivity contribution is 5.25. The van der Waals surface area contributed by atoms with Crippen LogP contribution in [0.15, 0.2) is 18.5 Å². The van der Waals surface area contributed by atoms with Gasteiger partial charge in [-0.05, 0) is 25.0 Å². The van der Waals surface area contributed by atoms with Crippen LogP contribution >= 0.6 is 0 Å². The summed E-state index contributed by atoms with van der Waals surface area (Å²) in [6.07, 6.45) is 5.61. The van der Waals surface area contributed by atoms with E-state index in [4.69, 9.17) is 10.6 Å². The molecule has 0 fully saturated rings. The molecule has 84 valence electrons. The molecule has 1 atom stereocenters. The van der Waals surface area contributed by atoms with Gasteiger partial charge >= 0.3 is 0 Å². The fourth-order valence-electron chi connectivity index (χ4n) is 1.51. The summed E-state index contributed by atoms with van der Waals surface area (Å²) < 4.78 is 5.39. The number of hydrogen-bond acceptors (Lipinski definition) is 4. The Morgan fingerprint density at radius 1 is 1.47 bits per heavy atom.